The number of hydrogen-bond acceptors (Lipinski definition) is 0. The van der Waals surface area contributed by atoms with E-state index in [2.05, 4.69) is 0 Å². The predicted octanol–water partition coefficient (Wildman–Crippen LogP) is 3.29. The second kappa shape index (κ2) is 6.38. The van der Waals surface area contributed by atoms with Crippen LogP contribution in [0, 0.1) is 0 Å². The molecule has 0 aliphatic heterocycles. The molecular weight excluding hydrogens is 372 g/mol. The topological polar surface area (TPSA) is 0 Å². The Bertz CT molecular complexity index is 558. The van der Waals surface area contributed by atoms with Crippen molar-refractivity contribution in [2.75, 3.05) is 0 Å². The molecule has 2 rings (SSSR count). The molecule has 0 saturated heterocycles. The van der Waals surface area contributed by atoms with Gasteiger partial charge in [0.25, 0.3) is 0 Å². The van der Waals surface area contributed by atoms with E-state index < -0.39 is 24.2 Å². The summed E-state index contributed by atoms with van der Waals surface area (Å²) in [5.74, 6) is 0. The first-order valence-corrected chi connectivity index (χ1v) is 8.32. The molecule has 22 heavy (non-hydrogen) atoms. The number of alkyl halides is 3. The molecule has 0 radical (unpaired) electrons. The van der Waals surface area contributed by atoms with Crippen LogP contribution in [-0.2, 0) is 11.5 Å². The number of halogens is 6. The Morgan fingerprint density at radius 1 is 0.818 bits per heavy atom. The predicted molar refractivity (Wildman–Crippen MR) is 75.7 cm³/mol. The zero-order valence-electron chi connectivity index (χ0n) is 11.1. The van der Waals surface area contributed by atoms with E-state index in [-0.39, 0.29) is 15.0 Å². The fraction of sp³-hybridized carbons (Fsp3) is 0.143. The minimum absolute atomic E-state index is 0.128. The van der Waals surface area contributed by atoms with Gasteiger partial charge in [0.05, 0.1) is 0 Å². The zero-order valence-corrected chi connectivity index (χ0v) is 12.8. The molecule has 0 amide bonds. The SMILES string of the molecule is F[B-](F)(F)c1ccc([Se]Cc2ccc(C(F)(F)F)cc2)cc1. The van der Waals surface area contributed by atoms with E-state index in [1.54, 1.807) is 0 Å². The van der Waals surface area contributed by atoms with Gasteiger partial charge in [0.15, 0.2) is 0 Å². The normalized spacial score (nSPS) is 12.5. The van der Waals surface area contributed by atoms with Crippen molar-refractivity contribution < 1.29 is 26.1 Å². The molecule has 0 saturated carbocycles. The first kappa shape index (κ1) is 17.0. The summed E-state index contributed by atoms with van der Waals surface area (Å²) in [6.07, 6.45) is -4.36. The second-order valence-corrected chi connectivity index (χ2v) is 6.83. The van der Waals surface area contributed by atoms with Crippen LogP contribution in [0.3, 0.4) is 0 Å². The van der Waals surface area contributed by atoms with Gasteiger partial charge in [-0.25, -0.2) is 0 Å². The Balaban J connectivity index is 1.98. The molecule has 8 heteroatoms. The van der Waals surface area contributed by atoms with Crippen molar-refractivity contribution in [3.8, 4) is 0 Å². The van der Waals surface area contributed by atoms with Gasteiger partial charge in [0, 0.05) is 0 Å². The van der Waals surface area contributed by atoms with Crippen molar-refractivity contribution in [2.24, 2.45) is 0 Å². The van der Waals surface area contributed by atoms with Gasteiger partial charge in [-0.15, -0.1) is 0 Å². The van der Waals surface area contributed by atoms with Crippen LogP contribution in [0.15, 0.2) is 48.5 Å². The molecular formula is C14H10BF6Se-. The van der Waals surface area contributed by atoms with Crippen molar-refractivity contribution in [2.45, 2.75) is 11.5 Å². The Kier molecular flexibility index (Phi) is 4.92. The minimum atomic E-state index is -4.99. The van der Waals surface area contributed by atoms with Gasteiger partial charge < -0.3 is 0 Å². The van der Waals surface area contributed by atoms with E-state index >= 15 is 0 Å². The van der Waals surface area contributed by atoms with Crippen LogP contribution < -0.4 is 9.92 Å². The van der Waals surface area contributed by atoms with Crippen molar-refractivity contribution >= 4 is 31.9 Å². The monoisotopic (exact) mass is 383 g/mol. The molecule has 2 aromatic rings. The van der Waals surface area contributed by atoms with Crippen molar-refractivity contribution in [3.63, 3.8) is 0 Å². The molecule has 0 N–H and O–H groups in total. The summed E-state index contributed by atoms with van der Waals surface area (Å²) >= 11 is -0.128. The Labute approximate surface area is 129 Å². The summed E-state index contributed by atoms with van der Waals surface area (Å²) in [6, 6.07) is 9.77. The van der Waals surface area contributed by atoms with Gasteiger partial charge in [-0.3, -0.25) is 0 Å². The zero-order chi connectivity index (χ0) is 16.4. The van der Waals surface area contributed by atoms with Gasteiger partial charge in [-0.2, -0.15) is 0 Å². The molecule has 0 heterocycles. The van der Waals surface area contributed by atoms with E-state index in [9.17, 15) is 26.1 Å². The van der Waals surface area contributed by atoms with Gasteiger partial charge in [-0.05, 0) is 0 Å². The third-order valence-corrected chi connectivity index (χ3v) is 5.22. The first-order chi connectivity index (χ1) is 10.2. The number of hydrogen-bond donors (Lipinski definition) is 0. The standard InChI is InChI=1S/C14H10BF6Se/c16-14(17,18)11-3-1-10(2-4-11)9-22-13-7-5-12(6-8-13)15(19,20)21/h1-8H,9H2/q-1. The summed E-state index contributed by atoms with van der Waals surface area (Å²) in [7, 11) is 0. The maximum atomic E-state index is 12.5. The molecule has 0 bridgehead atoms. The van der Waals surface area contributed by atoms with Crippen LogP contribution >= 0.6 is 0 Å². The number of rotatable bonds is 4. The van der Waals surface area contributed by atoms with Crippen molar-refractivity contribution in [3.05, 3.63) is 59.7 Å². The first-order valence-electron chi connectivity index (χ1n) is 6.25. The van der Waals surface area contributed by atoms with Gasteiger partial charge in [0.1, 0.15) is 0 Å². The van der Waals surface area contributed by atoms with Crippen molar-refractivity contribution in [1.29, 1.82) is 0 Å². The van der Waals surface area contributed by atoms with Crippen LogP contribution in [0.5, 0.6) is 0 Å². The van der Waals surface area contributed by atoms with E-state index in [0.29, 0.717) is 5.32 Å². The molecule has 0 fully saturated rings. The van der Waals surface area contributed by atoms with E-state index in [1.807, 2.05) is 0 Å². The molecule has 118 valence electrons. The summed E-state index contributed by atoms with van der Waals surface area (Å²) in [6.45, 7) is -4.99. The third kappa shape index (κ3) is 4.55. The fourth-order valence-electron chi connectivity index (χ4n) is 1.74. The molecule has 0 aliphatic carbocycles. The van der Waals surface area contributed by atoms with Crippen LogP contribution in [-0.4, -0.2) is 21.9 Å². The average Bonchev–Trinajstić information content (AvgIpc) is 2.44. The summed E-state index contributed by atoms with van der Waals surface area (Å²) in [5, 5.41) is 0.529. The third-order valence-electron chi connectivity index (χ3n) is 2.94. The molecule has 0 unspecified atom stereocenters. The molecule has 0 aliphatic rings. The molecule has 0 spiro atoms. The average molecular weight is 382 g/mol. The van der Waals surface area contributed by atoms with E-state index in [4.69, 9.17) is 0 Å². The van der Waals surface area contributed by atoms with Gasteiger partial charge >= 0.3 is 129 Å². The summed E-state index contributed by atoms with van der Waals surface area (Å²) < 4.78 is 75.5. The van der Waals surface area contributed by atoms with Gasteiger partial charge in [-0.1, -0.05) is 0 Å². The van der Waals surface area contributed by atoms with Crippen LogP contribution in [0.4, 0.5) is 26.1 Å². The number of benzene rings is 2. The summed E-state index contributed by atoms with van der Waals surface area (Å²) in [4.78, 5) is 0. The molecule has 0 atom stereocenters. The second-order valence-electron chi connectivity index (χ2n) is 4.63. The quantitative estimate of drug-likeness (QED) is 0.563. The Morgan fingerprint density at radius 2 is 1.36 bits per heavy atom. The van der Waals surface area contributed by atoms with E-state index in [1.165, 1.54) is 24.3 Å². The van der Waals surface area contributed by atoms with Crippen LogP contribution in [0.25, 0.3) is 0 Å². The van der Waals surface area contributed by atoms with Gasteiger partial charge in [0.2, 0.25) is 0 Å². The molecule has 0 nitrogen and oxygen atoms in total. The maximum absolute atomic E-state index is 12.5. The molecule has 2 aromatic carbocycles. The van der Waals surface area contributed by atoms with Crippen LogP contribution in [0.1, 0.15) is 11.1 Å². The summed E-state index contributed by atoms with van der Waals surface area (Å²) in [5.41, 5.74) is -0.619. The van der Waals surface area contributed by atoms with Crippen molar-refractivity contribution in [1.82, 2.24) is 0 Å². The Morgan fingerprint density at radius 3 is 1.82 bits per heavy atom. The van der Waals surface area contributed by atoms with E-state index in [0.717, 1.165) is 34.3 Å². The van der Waals surface area contributed by atoms with Crippen LogP contribution in [0.2, 0.25) is 0 Å². The fourth-order valence-corrected chi connectivity index (χ4v) is 3.53. The molecule has 0 aromatic heterocycles. The Hall–Kier alpha value is -1.40.